The summed E-state index contributed by atoms with van der Waals surface area (Å²) in [5.41, 5.74) is 0.333. The first kappa shape index (κ1) is 15.9. The third-order valence-electron chi connectivity index (χ3n) is 2.97. The minimum Gasteiger partial charge on any atom is -0.441 e. The number of hydrogen-bond donors (Lipinski definition) is 1. The predicted molar refractivity (Wildman–Crippen MR) is 80.0 cm³/mol. The quantitative estimate of drug-likeness (QED) is 0.760. The van der Waals surface area contributed by atoms with Gasteiger partial charge in [0.15, 0.2) is 11.7 Å². The number of oxazole rings is 1. The van der Waals surface area contributed by atoms with E-state index in [1.807, 2.05) is 0 Å². The van der Waals surface area contributed by atoms with Gasteiger partial charge in [0.05, 0.1) is 18.4 Å². The minimum absolute atomic E-state index is 0.333. The number of ether oxygens (including phenoxy) is 1. The van der Waals surface area contributed by atoms with Crippen LogP contribution in [0, 0.1) is 5.82 Å². The van der Waals surface area contributed by atoms with Crippen LogP contribution in [0.2, 0.25) is 5.02 Å². The van der Waals surface area contributed by atoms with Crippen LogP contribution in [0.5, 0.6) is 0 Å². The van der Waals surface area contributed by atoms with Gasteiger partial charge in [-0.3, -0.25) is 0 Å². The van der Waals surface area contributed by atoms with Crippen LogP contribution in [0.3, 0.4) is 0 Å². The van der Waals surface area contributed by atoms with E-state index in [2.05, 4.69) is 10.3 Å². The number of aromatic nitrogens is 1. The lowest BCUT2D eigenvalue weighted by molar-refractivity contribution is 0.199. The van der Waals surface area contributed by atoms with Crippen molar-refractivity contribution in [3.8, 4) is 11.3 Å². The fourth-order valence-corrected chi connectivity index (χ4v) is 2.07. The highest BCUT2D eigenvalue weighted by Gasteiger charge is 2.11. The lowest BCUT2D eigenvalue weighted by Crippen LogP contribution is -2.20. The monoisotopic (exact) mass is 312 g/mol. The molecule has 114 valence electrons. The van der Waals surface area contributed by atoms with Crippen molar-refractivity contribution in [2.45, 2.75) is 12.8 Å². The second kappa shape index (κ2) is 8.12. The number of rotatable bonds is 8. The van der Waals surface area contributed by atoms with Crippen LogP contribution in [0.15, 0.2) is 28.8 Å². The van der Waals surface area contributed by atoms with Crippen molar-refractivity contribution in [3.05, 3.63) is 41.1 Å². The molecule has 21 heavy (non-hydrogen) atoms. The molecule has 0 atom stereocenters. The molecule has 0 radical (unpaired) electrons. The molecule has 2 aromatic rings. The number of nitrogens with zero attached hydrogens (tertiary/aromatic N) is 1. The standard InChI is InChI=1S/C15H18ClFN2O2/c1-20-8-7-18-6-2-3-15-19-10-14(21-15)12-9-11(16)4-5-13(12)17/h4-5,9-10,18H,2-3,6-8H2,1H3. The SMILES string of the molecule is COCCNCCCc1ncc(-c2cc(Cl)ccc2F)o1. The van der Waals surface area contributed by atoms with Crippen LogP contribution in [0.4, 0.5) is 4.39 Å². The molecule has 4 nitrogen and oxygen atoms in total. The number of aryl methyl sites for hydroxylation is 1. The van der Waals surface area contributed by atoms with Crippen molar-refractivity contribution >= 4 is 11.6 Å². The Morgan fingerprint density at radius 2 is 2.24 bits per heavy atom. The van der Waals surface area contributed by atoms with Crippen molar-refractivity contribution in [2.24, 2.45) is 0 Å². The van der Waals surface area contributed by atoms with Crippen molar-refractivity contribution in [1.29, 1.82) is 0 Å². The fraction of sp³-hybridized carbons (Fsp3) is 0.400. The highest BCUT2D eigenvalue weighted by Crippen LogP contribution is 2.26. The molecule has 0 unspecified atom stereocenters. The van der Waals surface area contributed by atoms with E-state index < -0.39 is 0 Å². The number of hydrogen-bond acceptors (Lipinski definition) is 4. The summed E-state index contributed by atoms with van der Waals surface area (Å²) in [5.74, 6) is 0.624. The van der Waals surface area contributed by atoms with Gasteiger partial charge in [0.25, 0.3) is 0 Å². The molecule has 2 rings (SSSR count). The highest BCUT2D eigenvalue weighted by molar-refractivity contribution is 6.30. The normalized spacial score (nSPS) is 11.0. The molecule has 0 bridgehead atoms. The van der Waals surface area contributed by atoms with E-state index in [0.717, 1.165) is 19.5 Å². The van der Waals surface area contributed by atoms with Crippen molar-refractivity contribution < 1.29 is 13.5 Å². The first-order valence-corrected chi connectivity index (χ1v) is 7.18. The van der Waals surface area contributed by atoms with E-state index in [-0.39, 0.29) is 5.82 Å². The molecule has 1 N–H and O–H groups in total. The third-order valence-corrected chi connectivity index (χ3v) is 3.21. The van der Waals surface area contributed by atoms with Gasteiger partial charge in [-0.2, -0.15) is 0 Å². The van der Waals surface area contributed by atoms with Crippen LogP contribution in [0.25, 0.3) is 11.3 Å². The largest absolute Gasteiger partial charge is 0.441 e. The first-order valence-electron chi connectivity index (χ1n) is 6.80. The molecule has 6 heteroatoms. The Kier molecular flexibility index (Phi) is 6.17. The van der Waals surface area contributed by atoms with Crippen molar-refractivity contribution in [2.75, 3.05) is 26.8 Å². The van der Waals surface area contributed by atoms with Crippen LogP contribution < -0.4 is 5.32 Å². The number of nitrogens with one attached hydrogen (secondary N) is 1. The second-order valence-electron chi connectivity index (χ2n) is 4.59. The lowest BCUT2D eigenvalue weighted by Gasteiger charge is -2.02. The summed E-state index contributed by atoms with van der Waals surface area (Å²) in [7, 11) is 1.67. The molecule has 0 aliphatic heterocycles. The van der Waals surface area contributed by atoms with E-state index in [9.17, 15) is 4.39 Å². The molecule has 0 fully saturated rings. The molecule has 1 heterocycles. The highest BCUT2D eigenvalue weighted by atomic mass is 35.5. The maximum Gasteiger partial charge on any atom is 0.194 e. The molecule has 0 amide bonds. The Bertz CT molecular complexity index is 575. The van der Waals surface area contributed by atoms with E-state index in [1.54, 1.807) is 7.11 Å². The van der Waals surface area contributed by atoms with Gasteiger partial charge >= 0.3 is 0 Å². The molecule has 1 aromatic carbocycles. The molecule has 0 saturated heterocycles. The number of benzene rings is 1. The Balaban J connectivity index is 1.88. The smallest absolute Gasteiger partial charge is 0.194 e. The average molecular weight is 313 g/mol. The van der Waals surface area contributed by atoms with E-state index in [0.29, 0.717) is 35.3 Å². The molecule has 0 saturated carbocycles. The summed E-state index contributed by atoms with van der Waals surface area (Å²) in [6, 6.07) is 4.36. The van der Waals surface area contributed by atoms with Gasteiger partial charge in [-0.25, -0.2) is 9.37 Å². The Morgan fingerprint density at radius 3 is 3.05 bits per heavy atom. The average Bonchev–Trinajstić information content (AvgIpc) is 2.94. The van der Waals surface area contributed by atoms with Gasteiger partial charge in [0, 0.05) is 25.1 Å². The topological polar surface area (TPSA) is 47.3 Å². The van der Waals surface area contributed by atoms with Crippen LogP contribution in [0.1, 0.15) is 12.3 Å². The van der Waals surface area contributed by atoms with Gasteiger partial charge in [-0.15, -0.1) is 0 Å². The second-order valence-corrected chi connectivity index (χ2v) is 5.03. The zero-order valence-electron chi connectivity index (χ0n) is 11.9. The summed E-state index contributed by atoms with van der Waals surface area (Å²) in [5, 5.41) is 3.70. The van der Waals surface area contributed by atoms with Gasteiger partial charge in [-0.05, 0) is 31.2 Å². The molecule has 0 aliphatic carbocycles. The van der Waals surface area contributed by atoms with Crippen LogP contribution in [-0.2, 0) is 11.2 Å². The van der Waals surface area contributed by atoms with Crippen molar-refractivity contribution in [1.82, 2.24) is 10.3 Å². The molecular weight excluding hydrogens is 295 g/mol. The van der Waals surface area contributed by atoms with Gasteiger partial charge in [0.1, 0.15) is 5.82 Å². The van der Waals surface area contributed by atoms with Crippen LogP contribution in [-0.4, -0.2) is 31.8 Å². The zero-order valence-corrected chi connectivity index (χ0v) is 12.6. The molecule has 0 aliphatic rings. The molecule has 0 spiro atoms. The van der Waals surface area contributed by atoms with Crippen LogP contribution >= 0.6 is 11.6 Å². The lowest BCUT2D eigenvalue weighted by atomic mass is 10.2. The summed E-state index contributed by atoms with van der Waals surface area (Å²) >= 11 is 5.87. The Hall–Kier alpha value is -1.43. The summed E-state index contributed by atoms with van der Waals surface area (Å²) in [4.78, 5) is 4.17. The third kappa shape index (κ3) is 4.81. The first-order chi connectivity index (χ1) is 10.2. The Labute approximate surface area is 128 Å². The van der Waals surface area contributed by atoms with Gasteiger partial charge in [0.2, 0.25) is 0 Å². The maximum absolute atomic E-state index is 13.7. The summed E-state index contributed by atoms with van der Waals surface area (Å²) in [6.45, 7) is 2.37. The predicted octanol–water partition coefficient (Wildman–Crippen LogP) is 3.30. The molecular formula is C15H18ClFN2O2. The Morgan fingerprint density at radius 1 is 1.38 bits per heavy atom. The van der Waals surface area contributed by atoms with E-state index >= 15 is 0 Å². The van der Waals surface area contributed by atoms with E-state index in [1.165, 1.54) is 24.4 Å². The number of methoxy groups -OCH3 is 1. The van der Waals surface area contributed by atoms with Gasteiger partial charge < -0.3 is 14.5 Å². The summed E-state index contributed by atoms with van der Waals surface area (Å²) in [6.07, 6.45) is 3.12. The zero-order chi connectivity index (χ0) is 15.1. The van der Waals surface area contributed by atoms with Crippen molar-refractivity contribution in [3.63, 3.8) is 0 Å². The summed E-state index contributed by atoms with van der Waals surface area (Å²) < 4.78 is 24.2. The minimum atomic E-state index is -0.372. The fourth-order valence-electron chi connectivity index (χ4n) is 1.90. The maximum atomic E-state index is 13.7. The van der Waals surface area contributed by atoms with Gasteiger partial charge in [-0.1, -0.05) is 11.6 Å². The number of halogens is 2. The molecule has 1 aromatic heterocycles. The van der Waals surface area contributed by atoms with E-state index in [4.69, 9.17) is 20.8 Å².